The maximum atomic E-state index is 12.3. The zero-order chi connectivity index (χ0) is 16.4. The molecule has 1 N–H and O–H groups in total. The van der Waals surface area contributed by atoms with E-state index in [1.54, 1.807) is 6.07 Å². The fourth-order valence-corrected chi connectivity index (χ4v) is 3.28. The Bertz CT molecular complexity index is 729. The summed E-state index contributed by atoms with van der Waals surface area (Å²) in [5.74, 6) is -0.00356. The van der Waals surface area contributed by atoms with Crippen LogP contribution < -0.4 is 5.32 Å². The molecule has 0 spiro atoms. The number of halogens is 1. The first kappa shape index (κ1) is 16.0. The van der Waals surface area contributed by atoms with Crippen molar-refractivity contribution >= 4 is 23.2 Å². The molecule has 0 fully saturated rings. The van der Waals surface area contributed by atoms with Gasteiger partial charge < -0.3 is 5.32 Å². The number of hydrogen-bond acceptors (Lipinski definition) is 2. The lowest BCUT2D eigenvalue weighted by Gasteiger charge is -2.34. The van der Waals surface area contributed by atoms with Gasteiger partial charge in [-0.3, -0.25) is 9.69 Å². The van der Waals surface area contributed by atoms with E-state index in [1.165, 1.54) is 11.1 Å². The van der Waals surface area contributed by atoms with Crippen molar-refractivity contribution in [2.45, 2.75) is 26.3 Å². The molecule has 120 valence electrons. The normalized spacial score (nSPS) is 17.6. The Morgan fingerprint density at radius 1 is 1.30 bits per heavy atom. The maximum absolute atomic E-state index is 12.3. The molecule has 1 amide bonds. The lowest BCUT2D eigenvalue weighted by Crippen LogP contribution is -2.39. The predicted molar refractivity (Wildman–Crippen MR) is 95.0 cm³/mol. The minimum atomic E-state index is -0.00356. The van der Waals surface area contributed by atoms with Gasteiger partial charge in [-0.15, -0.1) is 0 Å². The molecule has 0 radical (unpaired) electrons. The lowest BCUT2D eigenvalue weighted by molar-refractivity contribution is -0.117. The quantitative estimate of drug-likeness (QED) is 0.915. The molecule has 3 rings (SSSR count). The minimum absolute atomic E-state index is 0.00356. The Kier molecular flexibility index (Phi) is 4.69. The molecule has 1 atom stereocenters. The number of rotatable bonds is 3. The van der Waals surface area contributed by atoms with Crippen LogP contribution in [0.1, 0.15) is 29.7 Å². The van der Waals surface area contributed by atoms with E-state index < -0.39 is 0 Å². The summed E-state index contributed by atoms with van der Waals surface area (Å²) in [5.41, 5.74) is 4.47. The molecule has 0 saturated heterocycles. The second-order valence-electron chi connectivity index (χ2n) is 6.11. The lowest BCUT2D eigenvalue weighted by atomic mass is 9.94. The minimum Gasteiger partial charge on any atom is -0.325 e. The van der Waals surface area contributed by atoms with Crippen molar-refractivity contribution in [3.63, 3.8) is 0 Å². The molecule has 23 heavy (non-hydrogen) atoms. The third-order valence-corrected chi connectivity index (χ3v) is 4.93. The first-order valence-corrected chi connectivity index (χ1v) is 8.30. The molecular weight excluding hydrogens is 308 g/mol. The highest BCUT2D eigenvalue weighted by Gasteiger charge is 2.24. The number of anilines is 1. The van der Waals surface area contributed by atoms with Crippen LogP contribution >= 0.6 is 11.6 Å². The maximum Gasteiger partial charge on any atom is 0.238 e. The summed E-state index contributed by atoms with van der Waals surface area (Å²) in [6.07, 6.45) is 0.990. The van der Waals surface area contributed by atoms with Crippen LogP contribution in [0.25, 0.3) is 0 Å². The van der Waals surface area contributed by atoms with Crippen LogP contribution in [-0.2, 0) is 11.2 Å². The van der Waals surface area contributed by atoms with E-state index >= 15 is 0 Å². The van der Waals surface area contributed by atoms with Gasteiger partial charge in [0, 0.05) is 23.3 Å². The van der Waals surface area contributed by atoms with Gasteiger partial charge in [0.2, 0.25) is 5.91 Å². The fraction of sp³-hybridized carbons (Fsp3) is 0.316. The number of nitrogens with zero attached hydrogens (tertiary/aromatic N) is 1. The van der Waals surface area contributed by atoms with Gasteiger partial charge in [-0.25, -0.2) is 0 Å². The van der Waals surface area contributed by atoms with E-state index in [-0.39, 0.29) is 11.9 Å². The van der Waals surface area contributed by atoms with Gasteiger partial charge in [-0.1, -0.05) is 41.9 Å². The molecular formula is C19H21ClN2O. The zero-order valence-corrected chi connectivity index (χ0v) is 14.2. The molecule has 0 aromatic heterocycles. The van der Waals surface area contributed by atoms with Crippen molar-refractivity contribution in [3.8, 4) is 0 Å². The van der Waals surface area contributed by atoms with Crippen LogP contribution in [0.5, 0.6) is 0 Å². The van der Waals surface area contributed by atoms with E-state index in [9.17, 15) is 4.79 Å². The summed E-state index contributed by atoms with van der Waals surface area (Å²) < 4.78 is 0. The molecule has 1 unspecified atom stereocenters. The summed E-state index contributed by atoms with van der Waals surface area (Å²) in [7, 11) is 0. The van der Waals surface area contributed by atoms with E-state index in [1.807, 2.05) is 19.1 Å². The standard InChI is InChI=1S/C19H21ClN2O/c1-13-7-8-16(11-18(13)20)21-19(23)12-22-10-9-15-5-3-4-6-17(15)14(22)2/h3-8,11,14H,9-10,12H2,1-2H3,(H,21,23). The van der Waals surface area contributed by atoms with E-state index in [0.717, 1.165) is 24.2 Å². The average Bonchev–Trinajstić information content (AvgIpc) is 2.54. The number of nitrogens with one attached hydrogen (secondary N) is 1. The van der Waals surface area contributed by atoms with Crippen LogP contribution in [0, 0.1) is 6.92 Å². The topological polar surface area (TPSA) is 32.3 Å². The molecule has 1 aliphatic rings. The molecule has 2 aromatic rings. The third kappa shape index (κ3) is 3.57. The first-order chi connectivity index (χ1) is 11.0. The second kappa shape index (κ2) is 6.73. The van der Waals surface area contributed by atoms with Crippen LogP contribution in [0.3, 0.4) is 0 Å². The molecule has 0 saturated carbocycles. The Labute approximate surface area is 142 Å². The van der Waals surface area contributed by atoms with Gasteiger partial charge in [0.15, 0.2) is 0 Å². The van der Waals surface area contributed by atoms with Crippen LogP contribution in [0.4, 0.5) is 5.69 Å². The van der Waals surface area contributed by atoms with Crippen molar-refractivity contribution in [2.24, 2.45) is 0 Å². The molecule has 2 aromatic carbocycles. The number of carbonyl (C=O) groups excluding carboxylic acids is 1. The number of fused-ring (bicyclic) bond motifs is 1. The number of carbonyl (C=O) groups is 1. The van der Waals surface area contributed by atoms with Gasteiger partial charge in [-0.2, -0.15) is 0 Å². The molecule has 0 aliphatic carbocycles. The SMILES string of the molecule is Cc1ccc(NC(=O)CN2CCc3ccccc3C2C)cc1Cl. The van der Waals surface area contributed by atoms with E-state index in [0.29, 0.717) is 11.6 Å². The molecule has 1 heterocycles. The molecule has 4 heteroatoms. The largest absolute Gasteiger partial charge is 0.325 e. The molecule has 0 bridgehead atoms. The highest BCUT2D eigenvalue weighted by molar-refractivity contribution is 6.31. The van der Waals surface area contributed by atoms with E-state index in [2.05, 4.69) is 41.4 Å². The highest BCUT2D eigenvalue weighted by atomic mass is 35.5. The summed E-state index contributed by atoms with van der Waals surface area (Å²) in [5, 5.41) is 3.61. The van der Waals surface area contributed by atoms with Crippen molar-refractivity contribution in [1.29, 1.82) is 0 Å². The van der Waals surface area contributed by atoms with Crippen LogP contribution in [0.15, 0.2) is 42.5 Å². The van der Waals surface area contributed by atoms with Crippen LogP contribution in [0.2, 0.25) is 5.02 Å². The van der Waals surface area contributed by atoms with Crippen molar-refractivity contribution in [1.82, 2.24) is 4.90 Å². The second-order valence-corrected chi connectivity index (χ2v) is 6.51. The van der Waals surface area contributed by atoms with Gasteiger partial charge in [0.1, 0.15) is 0 Å². The summed E-state index contributed by atoms with van der Waals surface area (Å²) in [6.45, 7) is 5.40. The van der Waals surface area contributed by atoms with Crippen LogP contribution in [-0.4, -0.2) is 23.9 Å². The summed E-state index contributed by atoms with van der Waals surface area (Å²) >= 11 is 6.11. The zero-order valence-electron chi connectivity index (χ0n) is 13.5. The van der Waals surface area contributed by atoms with Gasteiger partial charge in [0.05, 0.1) is 6.54 Å². The Morgan fingerprint density at radius 3 is 2.87 bits per heavy atom. The van der Waals surface area contributed by atoms with Gasteiger partial charge in [-0.05, 0) is 49.1 Å². The highest BCUT2D eigenvalue weighted by Crippen LogP contribution is 2.28. The van der Waals surface area contributed by atoms with Crippen molar-refractivity contribution in [2.75, 3.05) is 18.4 Å². The predicted octanol–water partition coefficient (Wildman–Crippen LogP) is 4.21. The summed E-state index contributed by atoms with van der Waals surface area (Å²) in [4.78, 5) is 14.6. The Morgan fingerprint density at radius 2 is 2.09 bits per heavy atom. The molecule has 1 aliphatic heterocycles. The van der Waals surface area contributed by atoms with Gasteiger partial charge >= 0.3 is 0 Å². The average molecular weight is 329 g/mol. The van der Waals surface area contributed by atoms with E-state index in [4.69, 9.17) is 11.6 Å². The number of hydrogen-bond donors (Lipinski definition) is 1. The molecule has 3 nitrogen and oxygen atoms in total. The smallest absolute Gasteiger partial charge is 0.238 e. The Balaban J connectivity index is 1.65. The number of amides is 1. The number of aryl methyl sites for hydroxylation is 1. The third-order valence-electron chi connectivity index (χ3n) is 4.52. The fourth-order valence-electron chi connectivity index (χ4n) is 3.10. The first-order valence-electron chi connectivity index (χ1n) is 7.92. The monoisotopic (exact) mass is 328 g/mol. The van der Waals surface area contributed by atoms with Crippen molar-refractivity contribution < 1.29 is 4.79 Å². The Hall–Kier alpha value is -1.84. The van der Waals surface area contributed by atoms with Crippen molar-refractivity contribution in [3.05, 3.63) is 64.2 Å². The number of benzene rings is 2. The van der Waals surface area contributed by atoms with Gasteiger partial charge in [0.25, 0.3) is 0 Å². The summed E-state index contributed by atoms with van der Waals surface area (Å²) in [6, 6.07) is 14.3.